The fraction of sp³-hybridized carbons (Fsp3) is 0.611. The molecule has 0 radical (unpaired) electrons. The number of carbonyl (C=O) groups excluding carboxylic acids is 1. The molecule has 1 aliphatic rings. The maximum Gasteiger partial charge on any atom is 0.238 e. The molecule has 0 spiro atoms. The van der Waals surface area contributed by atoms with E-state index in [1.807, 2.05) is 13.8 Å². The molecule has 0 saturated carbocycles. The first kappa shape index (κ1) is 17.0. The maximum atomic E-state index is 12.4. The lowest BCUT2D eigenvalue weighted by atomic mass is 9.95. The summed E-state index contributed by atoms with van der Waals surface area (Å²) in [5, 5.41) is 3.09. The molecule has 4 nitrogen and oxygen atoms in total. The minimum Gasteiger partial charge on any atom is -0.330 e. The quantitative estimate of drug-likeness (QED) is 0.879. The van der Waals surface area contributed by atoms with Gasteiger partial charge in [0.1, 0.15) is 0 Å². The summed E-state index contributed by atoms with van der Waals surface area (Å²) in [4.78, 5) is 14.6. The van der Waals surface area contributed by atoms with Crippen molar-refractivity contribution < 1.29 is 4.79 Å². The molecule has 1 aliphatic heterocycles. The predicted molar refractivity (Wildman–Crippen MR) is 92.1 cm³/mol. The second-order valence-corrected chi connectivity index (χ2v) is 6.64. The smallest absolute Gasteiger partial charge is 0.238 e. The molecule has 1 unspecified atom stereocenters. The van der Waals surface area contributed by atoms with Crippen molar-refractivity contribution in [2.24, 2.45) is 11.7 Å². The fourth-order valence-corrected chi connectivity index (χ4v) is 3.53. The van der Waals surface area contributed by atoms with Crippen LogP contribution in [0.3, 0.4) is 0 Å². The standard InChI is InChI=1S/C18H29N3O/c1-13-9-14(2)18(15(3)10-13)20-17(22)12-21-8-4-5-16(11-21)6-7-19/h9-10,16H,4-8,11-12,19H2,1-3H3,(H,20,22). The summed E-state index contributed by atoms with van der Waals surface area (Å²) in [6, 6.07) is 4.22. The van der Waals surface area contributed by atoms with E-state index in [-0.39, 0.29) is 5.91 Å². The van der Waals surface area contributed by atoms with Gasteiger partial charge in [0.25, 0.3) is 0 Å². The van der Waals surface area contributed by atoms with Crippen LogP contribution in [0.4, 0.5) is 5.69 Å². The van der Waals surface area contributed by atoms with Crippen LogP contribution in [0.5, 0.6) is 0 Å². The van der Waals surface area contributed by atoms with Gasteiger partial charge < -0.3 is 11.1 Å². The zero-order valence-electron chi connectivity index (χ0n) is 14.1. The van der Waals surface area contributed by atoms with Gasteiger partial charge in [-0.2, -0.15) is 0 Å². The Hall–Kier alpha value is -1.39. The Kier molecular flexibility index (Phi) is 5.98. The highest BCUT2D eigenvalue weighted by Gasteiger charge is 2.21. The molecule has 1 aromatic carbocycles. The molecular weight excluding hydrogens is 274 g/mol. The Morgan fingerprint density at radius 3 is 2.64 bits per heavy atom. The Morgan fingerprint density at radius 1 is 1.32 bits per heavy atom. The first-order valence-corrected chi connectivity index (χ1v) is 8.29. The number of hydrogen-bond donors (Lipinski definition) is 2. The number of nitrogens with zero attached hydrogens (tertiary/aromatic N) is 1. The van der Waals surface area contributed by atoms with Crippen LogP contribution in [0.25, 0.3) is 0 Å². The van der Waals surface area contributed by atoms with E-state index in [9.17, 15) is 4.79 Å². The van der Waals surface area contributed by atoms with Gasteiger partial charge in [-0.15, -0.1) is 0 Å². The van der Waals surface area contributed by atoms with Crippen LogP contribution in [0, 0.1) is 26.7 Å². The van der Waals surface area contributed by atoms with Gasteiger partial charge in [0.05, 0.1) is 6.54 Å². The summed E-state index contributed by atoms with van der Waals surface area (Å²) < 4.78 is 0. The molecule has 0 bridgehead atoms. The van der Waals surface area contributed by atoms with Crippen LogP contribution in [0.15, 0.2) is 12.1 Å². The minimum absolute atomic E-state index is 0.0865. The van der Waals surface area contributed by atoms with Crippen molar-refractivity contribution in [1.82, 2.24) is 4.90 Å². The molecule has 4 heteroatoms. The third-order valence-corrected chi connectivity index (χ3v) is 4.49. The van der Waals surface area contributed by atoms with Gasteiger partial charge in [0.15, 0.2) is 0 Å². The Balaban J connectivity index is 1.93. The van der Waals surface area contributed by atoms with Crippen LogP contribution in [0.2, 0.25) is 0 Å². The van der Waals surface area contributed by atoms with Gasteiger partial charge in [-0.1, -0.05) is 17.7 Å². The van der Waals surface area contributed by atoms with Gasteiger partial charge >= 0.3 is 0 Å². The lowest BCUT2D eigenvalue weighted by Crippen LogP contribution is -2.41. The first-order valence-electron chi connectivity index (χ1n) is 8.29. The summed E-state index contributed by atoms with van der Waals surface area (Å²) in [6.07, 6.45) is 3.47. The molecule has 0 aromatic heterocycles. The van der Waals surface area contributed by atoms with E-state index in [0.717, 1.165) is 42.9 Å². The van der Waals surface area contributed by atoms with E-state index in [1.54, 1.807) is 0 Å². The summed E-state index contributed by atoms with van der Waals surface area (Å²) in [6.45, 7) is 9.41. The molecule has 3 N–H and O–H groups in total. The number of nitrogens with two attached hydrogens (primary N) is 1. The summed E-state index contributed by atoms with van der Waals surface area (Å²) in [5.74, 6) is 0.734. The minimum atomic E-state index is 0.0865. The molecule has 1 heterocycles. The van der Waals surface area contributed by atoms with E-state index in [0.29, 0.717) is 12.5 Å². The van der Waals surface area contributed by atoms with Crippen LogP contribution < -0.4 is 11.1 Å². The number of piperidine rings is 1. The van der Waals surface area contributed by atoms with Gasteiger partial charge in [-0.25, -0.2) is 0 Å². The number of benzene rings is 1. The molecule has 1 saturated heterocycles. The third-order valence-electron chi connectivity index (χ3n) is 4.49. The number of likely N-dealkylation sites (tertiary alicyclic amines) is 1. The molecule has 1 fully saturated rings. The van der Waals surface area contributed by atoms with E-state index in [2.05, 4.69) is 29.3 Å². The zero-order chi connectivity index (χ0) is 16.1. The maximum absolute atomic E-state index is 12.4. The van der Waals surface area contributed by atoms with Crippen molar-refractivity contribution >= 4 is 11.6 Å². The van der Waals surface area contributed by atoms with Gasteiger partial charge in [0.2, 0.25) is 5.91 Å². The molecule has 2 rings (SSSR count). The van der Waals surface area contributed by atoms with Crippen LogP contribution >= 0.6 is 0 Å². The topological polar surface area (TPSA) is 58.4 Å². The fourth-order valence-electron chi connectivity index (χ4n) is 3.53. The first-order chi connectivity index (χ1) is 10.5. The van der Waals surface area contributed by atoms with Gasteiger partial charge in [-0.05, 0) is 70.2 Å². The number of aryl methyl sites for hydroxylation is 3. The normalized spacial score (nSPS) is 19.2. The Labute approximate surface area is 134 Å². The molecular formula is C18H29N3O. The lowest BCUT2D eigenvalue weighted by molar-refractivity contribution is -0.117. The summed E-state index contributed by atoms with van der Waals surface area (Å²) >= 11 is 0. The highest BCUT2D eigenvalue weighted by Crippen LogP contribution is 2.22. The number of carbonyl (C=O) groups is 1. The monoisotopic (exact) mass is 303 g/mol. The van der Waals surface area contributed by atoms with Crippen molar-refractivity contribution in [1.29, 1.82) is 0 Å². The molecule has 122 valence electrons. The van der Waals surface area contributed by atoms with Crippen molar-refractivity contribution in [2.45, 2.75) is 40.0 Å². The average molecular weight is 303 g/mol. The zero-order valence-corrected chi connectivity index (χ0v) is 14.1. The summed E-state index contributed by atoms with van der Waals surface area (Å²) in [7, 11) is 0. The van der Waals surface area contributed by atoms with Crippen LogP contribution in [-0.2, 0) is 4.79 Å². The number of rotatable bonds is 5. The second kappa shape index (κ2) is 7.75. The Morgan fingerprint density at radius 2 is 2.00 bits per heavy atom. The van der Waals surface area contributed by atoms with E-state index in [4.69, 9.17) is 5.73 Å². The lowest BCUT2D eigenvalue weighted by Gasteiger charge is -2.32. The number of anilines is 1. The number of hydrogen-bond acceptors (Lipinski definition) is 3. The van der Waals surface area contributed by atoms with E-state index in [1.165, 1.54) is 18.4 Å². The molecule has 22 heavy (non-hydrogen) atoms. The third kappa shape index (κ3) is 4.55. The molecule has 1 atom stereocenters. The van der Waals surface area contributed by atoms with Crippen molar-refractivity contribution in [3.63, 3.8) is 0 Å². The van der Waals surface area contributed by atoms with Crippen LogP contribution in [-0.4, -0.2) is 37.0 Å². The van der Waals surface area contributed by atoms with Gasteiger partial charge in [0, 0.05) is 12.2 Å². The van der Waals surface area contributed by atoms with E-state index >= 15 is 0 Å². The molecule has 1 amide bonds. The highest BCUT2D eigenvalue weighted by atomic mass is 16.2. The van der Waals surface area contributed by atoms with Crippen molar-refractivity contribution in [3.05, 3.63) is 28.8 Å². The largest absolute Gasteiger partial charge is 0.330 e. The van der Waals surface area contributed by atoms with Crippen LogP contribution in [0.1, 0.15) is 36.0 Å². The SMILES string of the molecule is Cc1cc(C)c(NC(=O)CN2CCCC(CCN)C2)c(C)c1. The Bertz CT molecular complexity index is 502. The van der Waals surface area contributed by atoms with Gasteiger partial charge in [-0.3, -0.25) is 9.69 Å². The molecule has 1 aromatic rings. The van der Waals surface area contributed by atoms with E-state index < -0.39 is 0 Å². The van der Waals surface area contributed by atoms with Crippen molar-refractivity contribution in [2.75, 3.05) is 31.5 Å². The predicted octanol–water partition coefficient (Wildman–Crippen LogP) is 2.61. The number of nitrogens with one attached hydrogen (secondary N) is 1. The highest BCUT2D eigenvalue weighted by molar-refractivity contribution is 5.93. The number of amides is 1. The second-order valence-electron chi connectivity index (χ2n) is 6.64. The average Bonchev–Trinajstić information content (AvgIpc) is 2.43. The molecule has 0 aliphatic carbocycles. The summed E-state index contributed by atoms with van der Waals surface area (Å²) in [5.41, 5.74) is 10.1. The van der Waals surface area contributed by atoms with Crippen molar-refractivity contribution in [3.8, 4) is 0 Å².